The highest BCUT2D eigenvalue weighted by atomic mass is 16.1. The highest BCUT2D eigenvalue weighted by Crippen LogP contribution is 2.09. The zero-order chi connectivity index (χ0) is 16.2. The smallest absolute Gasteiger partial charge is 0.255 e. The van der Waals surface area contributed by atoms with Crippen LogP contribution in [0.15, 0.2) is 37.1 Å². The molecule has 3 aromatic heterocycles. The molecule has 0 radical (unpaired) electrons. The van der Waals surface area contributed by atoms with E-state index in [2.05, 4.69) is 22.3 Å². The molecule has 3 rings (SSSR count). The van der Waals surface area contributed by atoms with Crippen molar-refractivity contribution >= 4 is 11.4 Å². The number of unbranched alkanes of at least 4 members (excludes halogenated alkanes) is 1. The summed E-state index contributed by atoms with van der Waals surface area (Å²) in [6.45, 7) is 5.34. The van der Waals surface area contributed by atoms with Crippen molar-refractivity contribution in [3.8, 4) is 0 Å². The standard InChI is InChI=1S/C17H21N5O/c1-3-4-7-22-11-16(13(2)20-22)17(23)19-8-14-5-6-15-9-18-12-21(15)10-14/h5-6,9-12H,3-4,7-8H2,1-2H3,(H,19,23). The number of pyridine rings is 1. The van der Waals surface area contributed by atoms with E-state index in [9.17, 15) is 4.79 Å². The summed E-state index contributed by atoms with van der Waals surface area (Å²) in [5.74, 6) is -0.0871. The Balaban J connectivity index is 1.65. The molecule has 3 heterocycles. The lowest BCUT2D eigenvalue weighted by Gasteiger charge is -2.05. The first-order valence-corrected chi connectivity index (χ1v) is 7.90. The molecule has 0 saturated carbocycles. The molecule has 0 bridgehead atoms. The molecule has 6 heteroatoms. The second kappa shape index (κ2) is 6.64. The average Bonchev–Trinajstić information content (AvgIpc) is 3.16. The zero-order valence-electron chi connectivity index (χ0n) is 13.5. The van der Waals surface area contributed by atoms with E-state index in [1.165, 1.54) is 0 Å². The van der Waals surface area contributed by atoms with E-state index in [0.717, 1.165) is 36.2 Å². The van der Waals surface area contributed by atoms with Gasteiger partial charge in [0.15, 0.2) is 0 Å². The van der Waals surface area contributed by atoms with Crippen molar-refractivity contribution in [2.75, 3.05) is 0 Å². The van der Waals surface area contributed by atoms with Gasteiger partial charge in [-0.25, -0.2) is 4.98 Å². The topological polar surface area (TPSA) is 64.2 Å². The third kappa shape index (κ3) is 3.41. The number of nitrogens with one attached hydrogen (secondary N) is 1. The molecule has 120 valence electrons. The summed E-state index contributed by atoms with van der Waals surface area (Å²) in [6, 6.07) is 3.98. The third-order valence-corrected chi connectivity index (χ3v) is 3.85. The van der Waals surface area contributed by atoms with Crippen LogP contribution in [0.25, 0.3) is 5.52 Å². The number of carbonyl (C=O) groups is 1. The van der Waals surface area contributed by atoms with Crippen molar-refractivity contribution < 1.29 is 4.79 Å². The molecule has 1 N–H and O–H groups in total. The van der Waals surface area contributed by atoms with E-state index >= 15 is 0 Å². The van der Waals surface area contributed by atoms with Gasteiger partial charge in [0.1, 0.15) is 0 Å². The first-order valence-electron chi connectivity index (χ1n) is 7.90. The van der Waals surface area contributed by atoms with E-state index in [1.807, 2.05) is 40.5 Å². The van der Waals surface area contributed by atoms with Crippen molar-refractivity contribution in [3.05, 3.63) is 53.9 Å². The number of rotatable bonds is 6. The molecule has 0 fully saturated rings. The maximum Gasteiger partial charge on any atom is 0.255 e. The number of aromatic nitrogens is 4. The molecule has 6 nitrogen and oxygen atoms in total. The second-order valence-electron chi connectivity index (χ2n) is 5.69. The van der Waals surface area contributed by atoms with Crippen LogP contribution < -0.4 is 5.32 Å². The molecule has 0 aliphatic carbocycles. The van der Waals surface area contributed by atoms with Crippen LogP contribution in [0, 0.1) is 6.92 Å². The van der Waals surface area contributed by atoms with Gasteiger partial charge in [0.2, 0.25) is 0 Å². The number of aryl methyl sites for hydroxylation is 2. The molecule has 0 spiro atoms. The van der Waals surface area contributed by atoms with Crippen LogP contribution >= 0.6 is 0 Å². The maximum absolute atomic E-state index is 12.4. The lowest BCUT2D eigenvalue weighted by atomic mass is 10.2. The van der Waals surface area contributed by atoms with Crippen molar-refractivity contribution in [2.24, 2.45) is 0 Å². The van der Waals surface area contributed by atoms with Crippen LogP contribution in [0.2, 0.25) is 0 Å². The van der Waals surface area contributed by atoms with Gasteiger partial charge in [-0.2, -0.15) is 5.10 Å². The number of nitrogens with zero attached hydrogens (tertiary/aromatic N) is 4. The first-order chi connectivity index (χ1) is 11.2. The van der Waals surface area contributed by atoms with Crippen LogP contribution in [-0.4, -0.2) is 25.1 Å². The van der Waals surface area contributed by atoms with Gasteiger partial charge in [0, 0.05) is 25.5 Å². The van der Waals surface area contributed by atoms with Crippen molar-refractivity contribution in [1.29, 1.82) is 0 Å². The van der Waals surface area contributed by atoms with Crippen LogP contribution in [0.1, 0.15) is 41.4 Å². The van der Waals surface area contributed by atoms with Crippen LogP contribution in [0.4, 0.5) is 0 Å². The average molecular weight is 311 g/mol. The van der Waals surface area contributed by atoms with Gasteiger partial charge in [-0.05, 0) is 25.0 Å². The Morgan fingerprint density at radius 2 is 2.17 bits per heavy atom. The lowest BCUT2D eigenvalue weighted by molar-refractivity contribution is 0.0950. The predicted octanol–water partition coefficient (Wildman–Crippen LogP) is 2.57. The number of hydrogen-bond acceptors (Lipinski definition) is 3. The number of fused-ring (bicyclic) bond motifs is 1. The third-order valence-electron chi connectivity index (χ3n) is 3.85. The monoisotopic (exact) mass is 311 g/mol. The van der Waals surface area contributed by atoms with Crippen molar-refractivity contribution in [3.63, 3.8) is 0 Å². The fraction of sp³-hybridized carbons (Fsp3) is 0.353. The molecular weight excluding hydrogens is 290 g/mol. The minimum atomic E-state index is -0.0871. The quantitative estimate of drug-likeness (QED) is 0.761. The number of hydrogen-bond donors (Lipinski definition) is 1. The first kappa shape index (κ1) is 15.3. The van der Waals surface area contributed by atoms with Crippen molar-refractivity contribution in [2.45, 2.75) is 39.8 Å². The molecule has 1 amide bonds. The van der Waals surface area contributed by atoms with E-state index in [-0.39, 0.29) is 5.91 Å². The second-order valence-corrected chi connectivity index (χ2v) is 5.69. The maximum atomic E-state index is 12.4. The van der Waals surface area contributed by atoms with Gasteiger partial charge in [-0.1, -0.05) is 19.4 Å². The molecular formula is C17H21N5O. The Bertz CT molecular complexity index is 817. The summed E-state index contributed by atoms with van der Waals surface area (Å²) in [5, 5.41) is 7.36. The van der Waals surface area contributed by atoms with Crippen molar-refractivity contribution in [1.82, 2.24) is 24.5 Å². The Morgan fingerprint density at radius 3 is 3.00 bits per heavy atom. The summed E-state index contributed by atoms with van der Waals surface area (Å²) in [4.78, 5) is 16.4. The molecule has 23 heavy (non-hydrogen) atoms. The molecule has 0 atom stereocenters. The SMILES string of the molecule is CCCCn1cc(C(=O)NCc2ccc3cncn3c2)c(C)n1. The normalized spacial score (nSPS) is 11.0. The van der Waals surface area contributed by atoms with Gasteiger partial charge < -0.3 is 9.72 Å². The van der Waals surface area contributed by atoms with Gasteiger partial charge in [-0.15, -0.1) is 0 Å². The highest BCUT2D eigenvalue weighted by molar-refractivity contribution is 5.94. The summed E-state index contributed by atoms with van der Waals surface area (Å²) < 4.78 is 3.79. The summed E-state index contributed by atoms with van der Waals surface area (Å²) in [7, 11) is 0. The summed E-state index contributed by atoms with van der Waals surface area (Å²) >= 11 is 0. The zero-order valence-corrected chi connectivity index (χ0v) is 13.5. The van der Waals surface area contributed by atoms with Gasteiger partial charge in [-0.3, -0.25) is 9.48 Å². The Hall–Kier alpha value is -2.63. The van der Waals surface area contributed by atoms with E-state index in [0.29, 0.717) is 12.1 Å². The van der Waals surface area contributed by atoms with E-state index in [4.69, 9.17) is 0 Å². The number of imidazole rings is 1. The van der Waals surface area contributed by atoms with E-state index < -0.39 is 0 Å². The molecule has 3 aromatic rings. The Morgan fingerprint density at radius 1 is 1.30 bits per heavy atom. The molecule has 0 unspecified atom stereocenters. The lowest BCUT2D eigenvalue weighted by Crippen LogP contribution is -2.23. The van der Waals surface area contributed by atoms with Gasteiger partial charge in [0.05, 0.1) is 29.3 Å². The van der Waals surface area contributed by atoms with Gasteiger partial charge >= 0.3 is 0 Å². The largest absolute Gasteiger partial charge is 0.348 e. The minimum absolute atomic E-state index is 0.0871. The Kier molecular flexibility index (Phi) is 4.41. The molecule has 0 aliphatic heterocycles. The van der Waals surface area contributed by atoms with E-state index in [1.54, 1.807) is 12.5 Å². The predicted molar refractivity (Wildman–Crippen MR) is 88.2 cm³/mol. The fourth-order valence-electron chi connectivity index (χ4n) is 2.52. The number of carbonyl (C=O) groups excluding carboxylic acids is 1. The molecule has 0 aliphatic rings. The van der Waals surface area contributed by atoms with Crippen LogP contribution in [-0.2, 0) is 13.1 Å². The number of amides is 1. The summed E-state index contributed by atoms with van der Waals surface area (Å²) in [6.07, 6.45) is 9.53. The summed E-state index contributed by atoms with van der Waals surface area (Å²) in [5.41, 5.74) is 3.47. The Labute approximate surface area is 135 Å². The van der Waals surface area contributed by atoms with Crippen LogP contribution in [0.5, 0.6) is 0 Å². The molecule has 0 saturated heterocycles. The highest BCUT2D eigenvalue weighted by Gasteiger charge is 2.13. The fourth-order valence-corrected chi connectivity index (χ4v) is 2.52. The van der Waals surface area contributed by atoms with Crippen LogP contribution in [0.3, 0.4) is 0 Å². The minimum Gasteiger partial charge on any atom is -0.348 e. The molecule has 0 aromatic carbocycles. The van der Waals surface area contributed by atoms with Gasteiger partial charge in [0.25, 0.3) is 5.91 Å².